The van der Waals surface area contributed by atoms with E-state index in [4.69, 9.17) is 34.2 Å². The van der Waals surface area contributed by atoms with Crippen molar-refractivity contribution in [2.45, 2.75) is 131 Å². The van der Waals surface area contributed by atoms with Crippen LogP contribution in [0.1, 0.15) is 27.2 Å². The third kappa shape index (κ3) is 9.05. The predicted molar refractivity (Wildman–Crippen MR) is 146 cm³/mol. The number of rotatable bonds is 11. The molecule has 0 aromatic heterocycles. The molecule has 0 aliphatic carbocycles. The number of hydrogen-bond donors (Lipinski definition) is 12. The van der Waals surface area contributed by atoms with Crippen LogP contribution in [0.5, 0.6) is 0 Å². The maximum absolute atomic E-state index is 12.5. The Bertz CT molecular complexity index is 996. The zero-order valence-corrected chi connectivity index (χ0v) is 25.4. The molecule has 0 spiro atoms. The molecule has 3 saturated heterocycles. The average Bonchev–Trinajstić information content (AvgIpc) is 2.99. The van der Waals surface area contributed by atoms with Crippen molar-refractivity contribution in [1.29, 1.82) is 0 Å². The Labute approximate surface area is 263 Å². The highest BCUT2D eigenvalue weighted by molar-refractivity contribution is 5.85. The third-order valence-electron chi connectivity index (χ3n) is 7.53. The first-order valence-corrected chi connectivity index (χ1v) is 14.6. The number of ether oxygens (including phenoxy) is 6. The monoisotopic (exact) mass is 674 g/mol. The summed E-state index contributed by atoms with van der Waals surface area (Å²) in [7, 11) is 0. The van der Waals surface area contributed by atoms with Crippen LogP contribution in [0.25, 0.3) is 0 Å². The van der Waals surface area contributed by atoms with Crippen LogP contribution >= 0.6 is 0 Å². The first-order chi connectivity index (χ1) is 21.4. The standard InChI is InChI=1S/C26H46N2O18/c1-26(2,3)46-23(40)8(27)4-12(32)28-22-17(37)15(35)20(10(6-30)41-22)44-25-19(39)16(36)21(11(7-31)43-25)45-24-18(38)14(34)13(33)9(5-29)42-24/h8-11,13-22,24-25,29-31,33-39H,4-7,27H2,1-3H3,(H,28,32)/t8-,9+,10+,11+,13+,14-,15+,16+,17+,18+,19+,20+,21+,22+,24+,25+/m0/s1. The van der Waals surface area contributed by atoms with Crippen LogP contribution < -0.4 is 11.1 Å². The van der Waals surface area contributed by atoms with Gasteiger partial charge in [-0.15, -0.1) is 0 Å². The van der Waals surface area contributed by atoms with E-state index in [1.54, 1.807) is 20.8 Å². The minimum atomic E-state index is -1.99. The summed E-state index contributed by atoms with van der Waals surface area (Å²) in [5, 5.41) is 105. The zero-order valence-electron chi connectivity index (χ0n) is 25.4. The van der Waals surface area contributed by atoms with Crippen molar-refractivity contribution in [3.05, 3.63) is 0 Å². The smallest absolute Gasteiger partial charge is 0.323 e. The quantitative estimate of drug-likeness (QED) is 0.0905. The molecule has 3 aliphatic rings. The van der Waals surface area contributed by atoms with Crippen LogP contribution in [0.4, 0.5) is 0 Å². The largest absolute Gasteiger partial charge is 0.459 e. The molecule has 0 aromatic rings. The minimum absolute atomic E-state index is 0.573. The van der Waals surface area contributed by atoms with Gasteiger partial charge in [0.2, 0.25) is 5.91 Å². The lowest BCUT2D eigenvalue weighted by Gasteiger charge is -2.48. The number of carbonyl (C=O) groups excluding carboxylic acids is 2. The Morgan fingerprint density at radius 3 is 1.65 bits per heavy atom. The van der Waals surface area contributed by atoms with Gasteiger partial charge in [-0.3, -0.25) is 9.59 Å². The van der Waals surface area contributed by atoms with E-state index in [0.29, 0.717) is 0 Å². The number of aliphatic hydroxyl groups excluding tert-OH is 10. The first-order valence-electron chi connectivity index (χ1n) is 14.6. The van der Waals surface area contributed by atoms with Gasteiger partial charge in [0.15, 0.2) is 18.8 Å². The molecule has 268 valence electrons. The highest BCUT2D eigenvalue weighted by Gasteiger charge is 2.53. The Morgan fingerprint density at radius 1 is 0.696 bits per heavy atom. The molecule has 0 unspecified atom stereocenters. The highest BCUT2D eigenvalue weighted by Crippen LogP contribution is 2.32. The summed E-state index contributed by atoms with van der Waals surface area (Å²) in [6.07, 6.45) is -26.5. The Kier molecular flexibility index (Phi) is 13.6. The second kappa shape index (κ2) is 16.1. The van der Waals surface area contributed by atoms with Crippen LogP contribution in [0.15, 0.2) is 0 Å². The maximum atomic E-state index is 12.5. The van der Waals surface area contributed by atoms with E-state index >= 15 is 0 Å². The molecule has 20 heteroatoms. The first kappa shape index (κ1) is 38.7. The molecule has 0 aromatic carbocycles. The van der Waals surface area contributed by atoms with E-state index in [1.807, 2.05) is 0 Å². The van der Waals surface area contributed by atoms with Gasteiger partial charge in [-0.1, -0.05) is 0 Å². The molecule has 3 aliphatic heterocycles. The Morgan fingerprint density at radius 2 is 1.15 bits per heavy atom. The lowest BCUT2D eigenvalue weighted by Crippen LogP contribution is -2.67. The maximum Gasteiger partial charge on any atom is 0.323 e. The van der Waals surface area contributed by atoms with Crippen molar-refractivity contribution in [1.82, 2.24) is 5.32 Å². The van der Waals surface area contributed by atoms with Crippen molar-refractivity contribution in [3.63, 3.8) is 0 Å². The third-order valence-corrected chi connectivity index (χ3v) is 7.53. The molecule has 0 saturated carbocycles. The van der Waals surface area contributed by atoms with E-state index < -0.39 is 142 Å². The molecule has 0 radical (unpaired) electrons. The van der Waals surface area contributed by atoms with Gasteiger partial charge < -0.3 is 90.5 Å². The topological polar surface area (TPSA) is 330 Å². The number of nitrogens with two attached hydrogens (primary N) is 1. The molecule has 46 heavy (non-hydrogen) atoms. The number of aliphatic hydroxyl groups is 10. The fourth-order valence-corrected chi connectivity index (χ4v) is 5.07. The van der Waals surface area contributed by atoms with Gasteiger partial charge in [0.05, 0.1) is 26.2 Å². The van der Waals surface area contributed by atoms with Crippen LogP contribution in [-0.2, 0) is 38.0 Å². The Hall–Kier alpha value is -1.70. The van der Waals surface area contributed by atoms with Gasteiger partial charge in [-0.05, 0) is 20.8 Å². The van der Waals surface area contributed by atoms with Crippen molar-refractivity contribution < 1.29 is 89.1 Å². The lowest BCUT2D eigenvalue weighted by molar-refractivity contribution is -0.373. The highest BCUT2D eigenvalue weighted by atomic mass is 16.7. The van der Waals surface area contributed by atoms with Crippen molar-refractivity contribution in [2.75, 3.05) is 19.8 Å². The summed E-state index contributed by atoms with van der Waals surface area (Å²) in [5.74, 6) is -1.72. The number of nitrogens with one attached hydrogen (secondary N) is 1. The molecule has 20 nitrogen and oxygen atoms in total. The van der Waals surface area contributed by atoms with E-state index in [1.165, 1.54) is 0 Å². The van der Waals surface area contributed by atoms with Gasteiger partial charge in [0, 0.05) is 0 Å². The van der Waals surface area contributed by atoms with Crippen LogP contribution in [-0.4, -0.2) is 186 Å². The SMILES string of the molecule is CC(C)(C)OC(=O)[C@@H](N)CC(=O)N[C@@H]1O[C@H](CO)[C@@H](O[C@H]2O[C@H](CO)[C@@H](O[C@H]3O[C@H](CO)[C@@H](O)[C@H](O)[C@H]3O)[C@H](O)[C@H]2O)[C@H](O)[C@H]1O. The second-order valence-electron chi connectivity index (χ2n) is 12.3. The number of esters is 1. The molecular weight excluding hydrogens is 628 g/mol. The van der Waals surface area contributed by atoms with Gasteiger partial charge in [-0.25, -0.2) is 0 Å². The molecule has 16 atom stereocenters. The molecule has 3 rings (SSSR count). The summed E-state index contributed by atoms with van der Waals surface area (Å²) >= 11 is 0. The summed E-state index contributed by atoms with van der Waals surface area (Å²) in [5.41, 5.74) is 4.87. The molecule has 3 heterocycles. The van der Waals surface area contributed by atoms with E-state index in [0.717, 1.165) is 0 Å². The van der Waals surface area contributed by atoms with E-state index in [9.17, 15) is 60.7 Å². The van der Waals surface area contributed by atoms with Crippen LogP contribution in [0.3, 0.4) is 0 Å². The number of hydrogen-bond acceptors (Lipinski definition) is 19. The minimum Gasteiger partial charge on any atom is -0.459 e. The van der Waals surface area contributed by atoms with Crippen molar-refractivity contribution in [3.8, 4) is 0 Å². The van der Waals surface area contributed by atoms with Crippen LogP contribution in [0, 0.1) is 0 Å². The van der Waals surface area contributed by atoms with Gasteiger partial charge >= 0.3 is 5.97 Å². The molecule has 13 N–H and O–H groups in total. The fourth-order valence-electron chi connectivity index (χ4n) is 5.07. The summed E-state index contributed by atoms with van der Waals surface area (Å²) < 4.78 is 32.4. The number of carbonyl (C=O) groups is 2. The normalized spacial score (nSPS) is 42.7. The predicted octanol–water partition coefficient (Wildman–Crippen LogP) is -7.39. The number of amides is 1. The van der Waals surface area contributed by atoms with Crippen molar-refractivity contribution >= 4 is 11.9 Å². The fraction of sp³-hybridized carbons (Fsp3) is 0.923. The van der Waals surface area contributed by atoms with Gasteiger partial charge in [0.1, 0.15) is 84.9 Å². The second-order valence-corrected chi connectivity index (χ2v) is 12.3. The van der Waals surface area contributed by atoms with Crippen molar-refractivity contribution in [2.24, 2.45) is 5.73 Å². The molecule has 1 amide bonds. The zero-order chi connectivity index (χ0) is 34.7. The van der Waals surface area contributed by atoms with Gasteiger partial charge in [-0.2, -0.15) is 0 Å². The van der Waals surface area contributed by atoms with E-state index in [2.05, 4.69) is 5.32 Å². The van der Waals surface area contributed by atoms with Crippen LogP contribution in [0.2, 0.25) is 0 Å². The van der Waals surface area contributed by atoms with E-state index in [-0.39, 0.29) is 0 Å². The molecular formula is C26H46N2O18. The van der Waals surface area contributed by atoms with Gasteiger partial charge in [0.25, 0.3) is 0 Å². The summed E-state index contributed by atoms with van der Waals surface area (Å²) in [4.78, 5) is 24.6. The summed E-state index contributed by atoms with van der Waals surface area (Å²) in [6.45, 7) is 2.33. The molecule has 0 bridgehead atoms. The average molecular weight is 675 g/mol. The Balaban J connectivity index is 1.64. The lowest BCUT2D eigenvalue weighted by atomic mass is 9.95. The summed E-state index contributed by atoms with van der Waals surface area (Å²) in [6, 6.07) is -1.36. The molecule has 3 fully saturated rings.